The first-order valence-corrected chi connectivity index (χ1v) is 8.36. The summed E-state index contributed by atoms with van der Waals surface area (Å²) in [7, 11) is 0. The highest BCUT2D eigenvalue weighted by atomic mass is 16.5. The van der Waals surface area contributed by atoms with E-state index in [4.69, 9.17) is 9.47 Å². The number of aliphatic carboxylic acids is 1. The van der Waals surface area contributed by atoms with Crippen LogP contribution in [0.4, 0.5) is 0 Å². The van der Waals surface area contributed by atoms with Crippen molar-refractivity contribution in [1.82, 2.24) is 0 Å². The predicted octanol–water partition coefficient (Wildman–Crippen LogP) is 4.81. The predicted molar refractivity (Wildman–Crippen MR) is 100 cm³/mol. The minimum atomic E-state index is -0.973. The fourth-order valence-corrected chi connectivity index (χ4v) is 2.52. The van der Waals surface area contributed by atoms with Crippen LogP contribution in [0.1, 0.15) is 37.5 Å². The lowest BCUT2D eigenvalue weighted by Gasteiger charge is -2.11. The van der Waals surface area contributed by atoms with Crippen molar-refractivity contribution in [3.05, 3.63) is 59.2 Å². The number of ether oxygens (including phenoxy) is 2. The van der Waals surface area contributed by atoms with Crippen molar-refractivity contribution >= 4 is 17.6 Å². The lowest BCUT2D eigenvalue weighted by molar-refractivity contribution is -0.130. The van der Waals surface area contributed by atoms with Crippen molar-refractivity contribution < 1.29 is 19.4 Å². The molecule has 2 rings (SSSR count). The SMILES string of the molecule is CCOc1ccc(/C(=C/c2cccc(OC(C)C)c2)C(=O)O)cc1C. The molecule has 0 atom stereocenters. The van der Waals surface area contributed by atoms with E-state index >= 15 is 0 Å². The van der Waals surface area contributed by atoms with Crippen LogP contribution < -0.4 is 9.47 Å². The molecule has 4 nitrogen and oxygen atoms in total. The summed E-state index contributed by atoms with van der Waals surface area (Å²) in [5, 5.41) is 9.64. The molecule has 25 heavy (non-hydrogen) atoms. The fraction of sp³-hybridized carbons (Fsp3) is 0.286. The first kappa shape index (κ1) is 18.6. The molecular weight excluding hydrogens is 316 g/mol. The van der Waals surface area contributed by atoms with Gasteiger partial charge in [-0.3, -0.25) is 0 Å². The summed E-state index contributed by atoms with van der Waals surface area (Å²) >= 11 is 0. The van der Waals surface area contributed by atoms with Gasteiger partial charge in [-0.2, -0.15) is 0 Å². The van der Waals surface area contributed by atoms with Gasteiger partial charge in [0.25, 0.3) is 0 Å². The Morgan fingerprint density at radius 3 is 2.56 bits per heavy atom. The average Bonchev–Trinajstić information content (AvgIpc) is 2.54. The summed E-state index contributed by atoms with van der Waals surface area (Å²) in [6, 6.07) is 12.8. The minimum Gasteiger partial charge on any atom is -0.494 e. The molecule has 0 aliphatic rings. The maximum atomic E-state index is 11.8. The van der Waals surface area contributed by atoms with Gasteiger partial charge in [-0.25, -0.2) is 4.79 Å². The van der Waals surface area contributed by atoms with E-state index in [2.05, 4.69) is 0 Å². The molecule has 0 aliphatic carbocycles. The maximum Gasteiger partial charge on any atom is 0.336 e. The third-order valence-corrected chi connectivity index (χ3v) is 3.56. The zero-order valence-corrected chi connectivity index (χ0v) is 15.1. The summed E-state index contributed by atoms with van der Waals surface area (Å²) in [6.07, 6.45) is 1.72. The van der Waals surface area contributed by atoms with E-state index in [0.29, 0.717) is 12.2 Å². The van der Waals surface area contributed by atoms with Crippen molar-refractivity contribution in [2.75, 3.05) is 6.61 Å². The van der Waals surface area contributed by atoms with Gasteiger partial charge in [0.05, 0.1) is 18.3 Å². The minimum absolute atomic E-state index is 0.0620. The Labute approximate surface area is 148 Å². The van der Waals surface area contributed by atoms with Crippen LogP contribution in [-0.2, 0) is 4.79 Å². The van der Waals surface area contributed by atoms with Crippen molar-refractivity contribution in [3.63, 3.8) is 0 Å². The van der Waals surface area contributed by atoms with E-state index < -0.39 is 5.97 Å². The van der Waals surface area contributed by atoms with Gasteiger partial charge < -0.3 is 14.6 Å². The number of rotatable bonds is 7. The number of hydrogen-bond acceptors (Lipinski definition) is 3. The van der Waals surface area contributed by atoms with Gasteiger partial charge in [0.1, 0.15) is 11.5 Å². The highest BCUT2D eigenvalue weighted by Gasteiger charge is 2.12. The molecular formula is C21H24O4. The highest BCUT2D eigenvalue weighted by Crippen LogP contribution is 2.26. The molecule has 2 aromatic carbocycles. The quantitative estimate of drug-likeness (QED) is 0.581. The van der Waals surface area contributed by atoms with Gasteiger partial charge >= 0.3 is 5.97 Å². The van der Waals surface area contributed by atoms with Crippen molar-refractivity contribution in [1.29, 1.82) is 0 Å². The summed E-state index contributed by atoms with van der Waals surface area (Å²) < 4.78 is 11.2. The summed E-state index contributed by atoms with van der Waals surface area (Å²) in [5.41, 5.74) is 2.56. The van der Waals surface area contributed by atoms with Gasteiger partial charge in [-0.05, 0) is 74.7 Å². The van der Waals surface area contributed by atoms with Crippen LogP contribution in [0.2, 0.25) is 0 Å². The van der Waals surface area contributed by atoms with Crippen molar-refractivity contribution in [3.8, 4) is 11.5 Å². The Kier molecular flexibility index (Phi) is 6.23. The van der Waals surface area contributed by atoms with Gasteiger partial charge in [0.15, 0.2) is 0 Å². The van der Waals surface area contributed by atoms with Crippen LogP contribution in [0.5, 0.6) is 11.5 Å². The fourth-order valence-electron chi connectivity index (χ4n) is 2.52. The molecule has 0 spiro atoms. The monoisotopic (exact) mass is 340 g/mol. The number of carbonyl (C=O) groups is 1. The highest BCUT2D eigenvalue weighted by molar-refractivity contribution is 6.20. The van der Waals surface area contributed by atoms with E-state index in [9.17, 15) is 9.90 Å². The first-order chi connectivity index (χ1) is 11.9. The van der Waals surface area contributed by atoms with Crippen molar-refractivity contribution in [2.45, 2.75) is 33.8 Å². The molecule has 0 heterocycles. The Morgan fingerprint density at radius 1 is 1.20 bits per heavy atom. The molecule has 0 amide bonds. The third-order valence-electron chi connectivity index (χ3n) is 3.56. The van der Waals surface area contributed by atoms with Crippen LogP contribution in [0.15, 0.2) is 42.5 Å². The van der Waals surface area contributed by atoms with Crippen LogP contribution in [0.25, 0.3) is 11.6 Å². The van der Waals surface area contributed by atoms with E-state index in [1.165, 1.54) is 0 Å². The smallest absolute Gasteiger partial charge is 0.336 e. The Bertz CT molecular complexity index is 775. The van der Waals surface area contributed by atoms with Gasteiger partial charge in [-0.1, -0.05) is 18.2 Å². The number of benzene rings is 2. The van der Waals surface area contributed by atoms with E-state index in [-0.39, 0.29) is 11.7 Å². The third kappa shape index (κ3) is 5.11. The molecule has 0 unspecified atom stereocenters. The van der Waals surface area contributed by atoms with Crippen LogP contribution in [0, 0.1) is 6.92 Å². The Hall–Kier alpha value is -2.75. The zero-order chi connectivity index (χ0) is 18.4. The number of aryl methyl sites for hydroxylation is 1. The van der Waals surface area contributed by atoms with E-state index in [1.54, 1.807) is 12.1 Å². The number of hydrogen-bond donors (Lipinski definition) is 1. The topological polar surface area (TPSA) is 55.8 Å². The second kappa shape index (κ2) is 8.38. The lowest BCUT2D eigenvalue weighted by Crippen LogP contribution is -2.05. The molecule has 0 saturated heterocycles. The largest absolute Gasteiger partial charge is 0.494 e. The molecule has 4 heteroatoms. The molecule has 0 radical (unpaired) electrons. The lowest BCUT2D eigenvalue weighted by atomic mass is 10.0. The van der Waals surface area contributed by atoms with E-state index in [1.807, 2.05) is 64.1 Å². The summed E-state index contributed by atoms with van der Waals surface area (Å²) in [5.74, 6) is 0.512. The van der Waals surface area contributed by atoms with Crippen LogP contribution in [-0.4, -0.2) is 23.8 Å². The molecule has 2 aromatic rings. The second-order valence-electron chi connectivity index (χ2n) is 6.02. The summed E-state index contributed by atoms with van der Waals surface area (Å²) in [6.45, 7) is 8.31. The normalized spacial score (nSPS) is 11.5. The average molecular weight is 340 g/mol. The Morgan fingerprint density at radius 2 is 1.96 bits per heavy atom. The molecule has 0 fully saturated rings. The summed E-state index contributed by atoms with van der Waals surface area (Å²) in [4.78, 5) is 11.8. The van der Waals surface area contributed by atoms with Gasteiger partial charge in [-0.15, -0.1) is 0 Å². The van der Waals surface area contributed by atoms with Crippen LogP contribution in [0.3, 0.4) is 0 Å². The number of carboxylic acid groups (broad SMARTS) is 1. The van der Waals surface area contributed by atoms with Gasteiger partial charge in [0, 0.05) is 0 Å². The molecule has 0 bridgehead atoms. The first-order valence-electron chi connectivity index (χ1n) is 8.36. The maximum absolute atomic E-state index is 11.8. The zero-order valence-electron chi connectivity index (χ0n) is 15.1. The van der Waals surface area contributed by atoms with Gasteiger partial charge in [0.2, 0.25) is 0 Å². The molecule has 132 valence electrons. The Balaban J connectivity index is 2.39. The number of carboxylic acids is 1. The van der Waals surface area contributed by atoms with Crippen molar-refractivity contribution in [2.24, 2.45) is 0 Å². The molecule has 0 aromatic heterocycles. The van der Waals surface area contributed by atoms with Crippen LogP contribution >= 0.6 is 0 Å². The standard InChI is InChI=1S/C21H24O4/c1-5-24-20-10-9-17(11-15(20)4)19(21(22)23)13-16-7-6-8-18(12-16)25-14(2)3/h6-14H,5H2,1-4H3,(H,22,23)/b19-13-. The molecule has 1 N–H and O–H groups in total. The molecule has 0 aliphatic heterocycles. The van der Waals surface area contributed by atoms with E-state index in [0.717, 1.165) is 22.6 Å². The molecule has 0 saturated carbocycles. The second-order valence-corrected chi connectivity index (χ2v) is 6.02.